The highest BCUT2D eigenvalue weighted by molar-refractivity contribution is 14.1. The van der Waals surface area contributed by atoms with Crippen molar-refractivity contribution in [1.29, 1.82) is 0 Å². The van der Waals surface area contributed by atoms with Crippen molar-refractivity contribution in [2.75, 3.05) is 18.5 Å². The number of hydrogen-bond acceptors (Lipinski definition) is 6. The van der Waals surface area contributed by atoms with Gasteiger partial charge < -0.3 is 14.8 Å². The second-order valence-corrected chi connectivity index (χ2v) is 10.7. The summed E-state index contributed by atoms with van der Waals surface area (Å²) in [4.78, 5) is 38.7. The van der Waals surface area contributed by atoms with Crippen LogP contribution < -0.4 is 14.8 Å². The summed E-state index contributed by atoms with van der Waals surface area (Å²) in [6, 6.07) is 13.5. The molecule has 1 heterocycles. The molecule has 1 saturated heterocycles. The second kappa shape index (κ2) is 12.9. The van der Waals surface area contributed by atoms with E-state index in [0.29, 0.717) is 49.5 Å². The van der Waals surface area contributed by atoms with Gasteiger partial charge in [-0.3, -0.25) is 19.3 Å². The molecular formula is C28H21F4IN2O5S. The van der Waals surface area contributed by atoms with Crippen LogP contribution in [0.15, 0.2) is 65.6 Å². The SMILES string of the molecule is CCOc1cc(/C=C2\SC(=O)N(CC(=O)Nc3cccc(C(F)(F)F)c3)C2=O)cc(I)c1OCc1ccccc1F. The van der Waals surface area contributed by atoms with Gasteiger partial charge in [0, 0.05) is 11.3 Å². The molecule has 7 nitrogen and oxygen atoms in total. The highest BCUT2D eigenvalue weighted by Gasteiger charge is 2.36. The maximum atomic E-state index is 14.0. The predicted molar refractivity (Wildman–Crippen MR) is 154 cm³/mol. The lowest BCUT2D eigenvalue weighted by atomic mass is 10.1. The van der Waals surface area contributed by atoms with Gasteiger partial charge in [-0.2, -0.15) is 13.2 Å². The van der Waals surface area contributed by atoms with Gasteiger partial charge in [0.1, 0.15) is 19.0 Å². The number of benzene rings is 3. The number of amides is 3. The van der Waals surface area contributed by atoms with Gasteiger partial charge in [0.25, 0.3) is 11.1 Å². The van der Waals surface area contributed by atoms with Gasteiger partial charge in [0.05, 0.1) is 20.6 Å². The third-order valence-electron chi connectivity index (χ3n) is 5.61. The Morgan fingerprint density at radius 1 is 1.07 bits per heavy atom. The highest BCUT2D eigenvalue weighted by Crippen LogP contribution is 2.38. The fraction of sp³-hybridized carbons (Fsp3) is 0.179. The molecule has 0 atom stereocenters. The first-order chi connectivity index (χ1) is 19.5. The number of alkyl halides is 3. The van der Waals surface area contributed by atoms with Crippen LogP contribution in [0.4, 0.5) is 28.0 Å². The first-order valence-corrected chi connectivity index (χ1v) is 13.9. The molecule has 1 aliphatic rings. The maximum Gasteiger partial charge on any atom is 0.416 e. The van der Waals surface area contributed by atoms with Gasteiger partial charge in [0.2, 0.25) is 5.91 Å². The molecule has 0 bridgehead atoms. The number of ether oxygens (including phenoxy) is 2. The Labute approximate surface area is 250 Å². The molecule has 1 N–H and O–H groups in total. The Bertz CT molecular complexity index is 1530. The molecule has 1 aliphatic heterocycles. The second-order valence-electron chi connectivity index (χ2n) is 8.54. The zero-order valence-electron chi connectivity index (χ0n) is 21.3. The van der Waals surface area contributed by atoms with Crippen LogP contribution in [0.5, 0.6) is 11.5 Å². The van der Waals surface area contributed by atoms with E-state index in [-0.39, 0.29) is 17.2 Å². The van der Waals surface area contributed by atoms with Gasteiger partial charge in [-0.15, -0.1) is 0 Å². The van der Waals surface area contributed by atoms with E-state index in [9.17, 15) is 31.9 Å². The highest BCUT2D eigenvalue weighted by atomic mass is 127. The number of halogens is 5. The summed E-state index contributed by atoms with van der Waals surface area (Å²) in [5.41, 5.74) is -0.201. The van der Waals surface area contributed by atoms with E-state index in [4.69, 9.17) is 9.47 Å². The van der Waals surface area contributed by atoms with E-state index in [1.165, 1.54) is 18.2 Å². The lowest BCUT2D eigenvalue weighted by Gasteiger charge is -2.15. The normalized spacial score (nSPS) is 14.5. The van der Waals surface area contributed by atoms with Gasteiger partial charge in [0.15, 0.2) is 11.5 Å². The number of nitrogens with zero attached hydrogens (tertiary/aromatic N) is 1. The Kier molecular flexibility index (Phi) is 9.58. The minimum atomic E-state index is -4.60. The first-order valence-electron chi connectivity index (χ1n) is 12.0. The lowest BCUT2D eigenvalue weighted by Crippen LogP contribution is -2.36. The summed E-state index contributed by atoms with van der Waals surface area (Å²) in [6.07, 6.45) is -3.14. The summed E-state index contributed by atoms with van der Waals surface area (Å²) in [7, 11) is 0. The van der Waals surface area contributed by atoms with Crippen molar-refractivity contribution in [2.45, 2.75) is 19.7 Å². The summed E-state index contributed by atoms with van der Waals surface area (Å²) < 4.78 is 65.0. The summed E-state index contributed by atoms with van der Waals surface area (Å²) in [5, 5.41) is 1.58. The summed E-state index contributed by atoms with van der Waals surface area (Å²) in [5.74, 6) is -1.24. The van der Waals surface area contributed by atoms with E-state index in [0.717, 1.165) is 18.2 Å². The molecule has 3 aromatic rings. The Morgan fingerprint density at radius 3 is 2.54 bits per heavy atom. The van der Waals surface area contributed by atoms with Crippen molar-refractivity contribution in [1.82, 2.24) is 4.90 Å². The fourth-order valence-corrected chi connectivity index (χ4v) is 5.36. The molecule has 3 amide bonds. The zero-order chi connectivity index (χ0) is 29.7. The topological polar surface area (TPSA) is 84.9 Å². The van der Waals surface area contributed by atoms with Crippen LogP contribution >= 0.6 is 34.4 Å². The van der Waals surface area contributed by atoms with Crippen LogP contribution in [-0.4, -0.2) is 35.1 Å². The van der Waals surface area contributed by atoms with Crippen LogP contribution in [0.1, 0.15) is 23.6 Å². The molecule has 3 aromatic carbocycles. The van der Waals surface area contributed by atoms with Gasteiger partial charge in [-0.05, 0) is 89.3 Å². The average Bonchev–Trinajstić information content (AvgIpc) is 3.16. The van der Waals surface area contributed by atoms with Crippen molar-refractivity contribution in [3.05, 3.63) is 91.6 Å². The lowest BCUT2D eigenvalue weighted by molar-refractivity contribution is -0.137. The van der Waals surface area contributed by atoms with E-state index in [1.807, 2.05) is 22.6 Å². The number of nitrogens with one attached hydrogen (secondary N) is 1. The summed E-state index contributed by atoms with van der Waals surface area (Å²) in [6.45, 7) is 1.36. The van der Waals surface area contributed by atoms with Crippen LogP contribution in [0.3, 0.4) is 0 Å². The number of thioether (sulfide) groups is 1. The van der Waals surface area contributed by atoms with Crippen LogP contribution in [0.2, 0.25) is 0 Å². The van der Waals surface area contributed by atoms with Crippen molar-refractivity contribution < 1.29 is 41.4 Å². The Balaban J connectivity index is 1.48. The molecule has 13 heteroatoms. The molecule has 0 aliphatic carbocycles. The van der Waals surface area contributed by atoms with Crippen LogP contribution in [-0.2, 0) is 22.4 Å². The summed E-state index contributed by atoms with van der Waals surface area (Å²) >= 11 is 2.64. The van der Waals surface area contributed by atoms with Crippen molar-refractivity contribution in [2.24, 2.45) is 0 Å². The number of imide groups is 1. The maximum absolute atomic E-state index is 14.0. The Hall–Kier alpha value is -3.59. The number of carbonyl (C=O) groups is 3. The largest absolute Gasteiger partial charge is 0.490 e. The zero-order valence-corrected chi connectivity index (χ0v) is 24.2. The van der Waals surface area contributed by atoms with Crippen LogP contribution in [0.25, 0.3) is 6.08 Å². The molecule has 214 valence electrons. The number of carbonyl (C=O) groups excluding carboxylic acids is 3. The standard InChI is InChI=1S/C28H21F4IN2O5S/c1-2-39-22-11-16(10-21(33)25(22)40-15-17-6-3-4-9-20(17)29)12-23-26(37)35(27(38)41-23)14-24(36)34-19-8-5-7-18(13-19)28(30,31)32/h3-13H,2,14-15H2,1H3,(H,34,36)/b23-12-. The fourth-order valence-electron chi connectivity index (χ4n) is 3.74. The smallest absolute Gasteiger partial charge is 0.416 e. The van der Waals surface area contributed by atoms with Gasteiger partial charge in [-0.25, -0.2) is 4.39 Å². The third kappa shape index (κ3) is 7.58. The first kappa shape index (κ1) is 30.4. The van der Waals surface area contributed by atoms with Crippen molar-refractivity contribution in [3.63, 3.8) is 0 Å². The van der Waals surface area contributed by atoms with Gasteiger partial charge in [-0.1, -0.05) is 24.3 Å². The molecule has 0 spiro atoms. The van der Waals surface area contributed by atoms with Crippen LogP contribution in [0, 0.1) is 9.39 Å². The van der Waals surface area contributed by atoms with E-state index in [1.54, 1.807) is 37.3 Å². The minimum Gasteiger partial charge on any atom is -0.490 e. The molecule has 0 radical (unpaired) electrons. The Morgan fingerprint density at radius 2 is 1.83 bits per heavy atom. The van der Waals surface area contributed by atoms with Crippen molar-refractivity contribution >= 4 is 63.2 Å². The monoisotopic (exact) mass is 700 g/mol. The molecule has 1 fully saturated rings. The predicted octanol–water partition coefficient (Wildman–Crippen LogP) is 7.10. The third-order valence-corrected chi connectivity index (χ3v) is 7.32. The molecule has 41 heavy (non-hydrogen) atoms. The quantitative estimate of drug-likeness (QED) is 0.146. The molecule has 0 unspecified atom stereocenters. The number of hydrogen-bond donors (Lipinski definition) is 1. The van der Waals surface area contributed by atoms with Crippen molar-refractivity contribution in [3.8, 4) is 11.5 Å². The van der Waals surface area contributed by atoms with E-state index < -0.39 is 41.2 Å². The number of rotatable bonds is 9. The van der Waals surface area contributed by atoms with Gasteiger partial charge >= 0.3 is 6.18 Å². The molecule has 0 saturated carbocycles. The average molecular weight is 700 g/mol. The molecule has 0 aromatic heterocycles. The van der Waals surface area contributed by atoms with E-state index in [2.05, 4.69) is 5.32 Å². The molecule has 4 rings (SSSR count). The minimum absolute atomic E-state index is 0.0381. The number of anilines is 1. The van der Waals surface area contributed by atoms with E-state index >= 15 is 0 Å². The molecular weight excluding hydrogens is 679 g/mol.